The van der Waals surface area contributed by atoms with E-state index in [9.17, 15) is 18.0 Å². The minimum absolute atomic E-state index is 0.00230. The van der Waals surface area contributed by atoms with E-state index in [1.54, 1.807) is 19.6 Å². The number of hydrogen-bond donors (Lipinski definition) is 0. The van der Waals surface area contributed by atoms with Crippen molar-refractivity contribution in [2.75, 3.05) is 37.9 Å². The van der Waals surface area contributed by atoms with Crippen LogP contribution in [0.15, 0.2) is 47.2 Å². The summed E-state index contributed by atoms with van der Waals surface area (Å²) in [5.74, 6) is 2.04. The van der Waals surface area contributed by atoms with Crippen LogP contribution in [0.25, 0.3) is 11.3 Å². The lowest BCUT2D eigenvalue weighted by atomic mass is 9.51. The number of benzene rings is 1. The highest BCUT2D eigenvalue weighted by Crippen LogP contribution is 2.58. The van der Waals surface area contributed by atoms with Gasteiger partial charge in [0.1, 0.15) is 29.6 Å². The molecule has 3 aromatic rings. The van der Waals surface area contributed by atoms with Gasteiger partial charge in [0.15, 0.2) is 15.7 Å². The van der Waals surface area contributed by atoms with Crippen molar-refractivity contribution in [3.05, 3.63) is 59.8 Å². The number of methoxy groups -OCH3 is 1. The van der Waals surface area contributed by atoms with Crippen LogP contribution in [0, 0.1) is 18.3 Å². The predicted molar refractivity (Wildman–Crippen MR) is 203 cm³/mol. The molecular weight excluding hydrogens is 693 g/mol. The van der Waals surface area contributed by atoms with Crippen LogP contribution in [0.4, 0.5) is 10.6 Å². The Morgan fingerprint density at radius 1 is 1.00 bits per heavy atom. The molecule has 2 aromatic heterocycles. The molecule has 8 rings (SSSR count). The Kier molecular flexibility index (Phi) is 9.91. The third kappa shape index (κ3) is 7.57. The fourth-order valence-electron chi connectivity index (χ4n) is 8.95. The average Bonchev–Trinajstić information content (AvgIpc) is 3.62. The van der Waals surface area contributed by atoms with Gasteiger partial charge >= 0.3 is 6.09 Å². The predicted octanol–water partition coefficient (Wildman–Crippen LogP) is 7.40. The number of likely N-dealkylation sites (tertiary alicyclic amines) is 1. The van der Waals surface area contributed by atoms with Gasteiger partial charge in [0.2, 0.25) is 5.91 Å². The molecule has 0 unspecified atom stereocenters. The molecule has 2 amide bonds. The summed E-state index contributed by atoms with van der Waals surface area (Å²) in [6.07, 6.45) is 12.6. The first kappa shape index (κ1) is 37.4. The topological polar surface area (TPSA) is 132 Å². The number of fused-ring (bicyclic) bond motifs is 3. The lowest BCUT2D eigenvalue weighted by Gasteiger charge is -2.55. The van der Waals surface area contributed by atoms with E-state index in [4.69, 9.17) is 23.9 Å². The van der Waals surface area contributed by atoms with Gasteiger partial charge in [-0.2, -0.15) is 0 Å². The number of amides is 2. The van der Waals surface area contributed by atoms with Crippen LogP contribution in [0.2, 0.25) is 0 Å². The number of hydrogen-bond acceptors (Lipinski definition) is 9. The molecule has 4 saturated carbocycles. The van der Waals surface area contributed by atoms with Gasteiger partial charge < -0.3 is 18.8 Å². The molecular formula is C41H54N4O7S. The van der Waals surface area contributed by atoms with Gasteiger partial charge in [-0.25, -0.2) is 23.2 Å². The maximum Gasteiger partial charge on any atom is 0.410 e. The molecule has 53 heavy (non-hydrogen) atoms. The minimum Gasteiger partial charge on any atom is -0.496 e. The Bertz CT molecular complexity index is 1930. The molecule has 11 nitrogen and oxygen atoms in total. The first-order valence-electron chi connectivity index (χ1n) is 19.1. The van der Waals surface area contributed by atoms with Crippen molar-refractivity contribution in [2.24, 2.45) is 11.3 Å². The second-order valence-corrected chi connectivity index (χ2v) is 19.6. The zero-order valence-electron chi connectivity index (χ0n) is 32.0. The van der Waals surface area contributed by atoms with E-state index >= 15 is 0 Å². The number of rotatable bonds is 9. The molecule has 3 heterocycles. The largest absolute Gasteiger partial charge is 0.496 e. The first-order chi connectivity index (χ1) is 25.1. The fourth-order valence-corrected chi connectivity index (χ4v) is 9.85. The number of aryl methyl sites for hydroxylation is 1. The van der Waals surface area contributed by atoms with Crippen LogP contribution >= 0.6 is 0 Å². The Hall–Kier alpha value is -3.93. The van der Waals surface area contributed by atoms with E-state index < -0.39 is 21.2 Å². The van der Waals surface area contributed by atoms with Crippen LogP contribution in [0.3, 0.4) is 0 Å². The first-order valence-corrected chi connectivity index (χ1v) is 21.1. The molecule has 12 heteroatoms. The summed E-state index contributed by atoms with van der Waals surface area (Å²) in [7, 11) is -1.46. The van der Waals surface area contributed by atoms with E-state index in [1.165, 1.54) is 16.7 Å². The molecule has 5 aliphatic rings. The second kappa shape index (κ2) is 14.0. The van der Waals surface area contributed by atoms with Gasteiger partial charge in [-0.15, -0.1) is 0 Å². The van der Waals surface area contributed by atoms with Crippen molar-refractivity contribution in [3.63, 3.8) is 0 Å². The summed E-state index contributed by atoms with van der Waals surface area (Å²) >= 11 is 0. The average molecular weight is 747 g/mol. The normalized spacial score (nSPS) is 26.2. The van der Waals surface area contributed by atoms with Crippen LogP contribution < -0.4 is 9.64 Å². The highest BCUT2D eigenvalue weighted by atomic mass is 32.2. The van der Waals surface area contributed by atoms with Crippen molar-refractivity contribution in [2.45, 2.75) is 114 Å². The zero-order valence-corrected chi connectivity index (χ0v) is 32.8. The minimum atomic E-state index is -3.18. The zero-order chi connectivity index (χ0) is 37.8. The number of carbonyl (C=O) groups is 2. The molecule has 1 saturated heterocycles. The van der Waals surface area contributed by atoms with Crippen LogP contribution in [0.1, 0.15) is 102 Å². The van der Waals surface area contributed by atoms with Crippen molar-refractivity contribution >= 4 is 27.7 Å². The molecule has 0 N–H and O–H groups in total. The number of carbonyl (C=O) groups excluding carboxylic acids is 2. The Labute approximate surface area is 313 Å². The molecule has 4 aliphatic carbocycles. The van der Waals surface area contributed by atoms with Crippen LogP contribution in [-0.2, 0) is 30.2 Å². The van der Waals surface area contributed by atoms with Gasteiger partial charge in [-0.1, -0.05) is 32.9 Å². The van der Waals surface area contributed by atoms with E-state index in [0.29, 0.717) is 49.6 Å². The summed E-state index contributed by atoms with van der Waals surface area (Å²) < 4.78 is 40.8. The van der Waals surface area contributed by atoms with Gasteiger partial charge in [-0.3, -0.25) is 9.69 Å². The lowest BCUT2D eigenvalue weighted by molar-refractivity contribution is -0.124. The molecule has 2 bridgehead atoms. The third-order valence-electron chi connectivity index (χ3n) is 12.6. The number of anilines is 1. The van der Waals surface area contributed by atoms with Gasteiger partial charge in [0.25, 0.3) is 0 Å². The van der Waals surface area contributed by atoms with Crippen molar-refractivity contribution < 1.29 is 31.9 Å². The Balaban J connectivity index is 1.08. The third-order valence-corrected chi connectivity index (χ3v) is 14.1. The molecule has 5 fully saturated rings. The van der Waals surface area contributed by atoms with Crippen molar-refractivity contribution in [1.29, 1.82) is 0 Å². The van der Waals surface area contributed by atoms with Gasteiger partial charge in [0, 0.05) is 49.0 Å². The maximum atomic E-state index is 14.7. The van der Waals surface area contributed by atoms with E-state index in [1.807, 2.05) is 17.0 Å². The van der Waals surface area contributed by atoms with Gasteiger partial charge in [0.05, 0.1) is 12.4 Å². The summed E-state index contributed by atoms with van der Waals surface area (Å²) in [5, 5.41) is -0.526. The molecule has 286 valence electrons. The summed E-state index contributed by atoms with van der Waals surface area (Å²) in [4.78, 5) is 40.4. The summed E-state index contributed by atoms with van der Waals surface area (Å²) in [6, 6.07) is 10.5. The number of sulfone groups is 1. The van der Waals surface area contributed by atoms with Crippen molar-refractivity contribution in [3.8, 4) is 17.0 Å². The molecule has 0 radical (unpaired) electrons. The van der Waals surface area contributed by atoms with Crippen molar-refractivity contribution in [1.82, 2.24) is 14.9 Å². The molecule has 1 aromatic carbocycles. The Morgan fingerprint density at radius 2 is 1.68 bits per heavy atom. The standard InChI is InChI=1S/C41H54N4O7S/c1-27-21-30(9-12-34(27)50-5)41-17-14-40(15-18-41,16-19-41)26-45(35-22-29(13-20-42-35)33-25-51-37(43-33)39(2,3)4)36(46)28-7-10-31(11-8-28)52-38(47)44-23-32(24-44)53(6,48)49/h9,12-13,20-22,25,28,31-32H,7-8,10-11,14-19,23-24,26H2,1-6H3. The Morgan fingerprint density at radius 3 is 2.26 bits per heavy atom. The highest BCUT2D eigenvalue weighted by Gasteiger charge is 2.51. The summed E-state index contributed by atoms with van der Waals surface area (Å²) in [6.45, 7) is 9.25. The molecule has 1 aliphatic heterocycles. The number of ether oxygens (including phenoxy) is 2. The lowest BCUT2D eigenvalue weighted by Crippen LogP contribution is -2.57. The maximum absolute atomic E-state index is 14.7. The smallest absolute Gasteiger partial charge is 0.410 e. The van der Waals surface area contributed by atoms with Gasteiger partial charge in [-0.05, 0) is 111 Å². The number of nitrogens with zero attached hydrogens (tertiary/aromatic N) is 4. The van der Waals surface area contributed by atoms with Crippen LogP contribution in [0.5, 0.6) is 5.75 Å². The number of pyridine rings is 1. The SMILES string of the molecule is COc1ccc(C23CCC(CN(C(=O)C4CCC(OC(=O)N5CC(S(C)(=O)=O)C5)CC4)c4cc(-c5coc(C(C)(C)C)n5)ccn4)(CC2)CC3)cc1C. The van der Waals surface area contributed by atoms with E-state index in [0.717, 1.165) is 55.4 Å². The monoisotopic (exact) mass is 746 g/mol. The highest BCUT2D eigenvalue weighted by molar-refractivity contribution is 7.91. The fraction of sp³-hybridized carbons (Fsp3) is 0.610. The number of oxazole rings is 1. The summed E-state index contributed by atoms with van der Waals surface area (Å²) in [5.41, 5.74) is 4.04. The number of aromatic nitrogens is 2. The van der Waals surface area contributed by atoms with Crippen LogP contribution in [-0.4, -0.2) is 79.6 Å². The molecule has 0 spiro atoms. The van der Waals surface area contributed by atoms with E-state index in [-0.39, 0.29) is 47.3 Å². The second-order valence-electron chi connectivity index (χ2n) is 17.3. The quantitative estimate of drug-likeness (QED) is 0.220. The van der Waals surface area contributed by atoms with E-state index in [2.05, 4.69) is 45.9 Å². The molecule has 0 atom stereocenters.